The molecule has 3 unspecified atom stereocenters. The maximum atomic E-state index is 12.5. The minimum atomic E-state index is -0.133. The highest BCUT2D eigenvalue weighted by atomic mass is 32.1. The SMILES string of the molecule is CC1C(N)CCC(C(=O)Nc2sccc2C#N)C1(C)C. The molecular formula is C15H21N3OS. The number of anilines is 1. The van der Waals surface area contributed by atoms with E-state index >= 15 is 0 Å². The van der Waals surface area contributed by atoms with Crippen LogP contribution in [0.1, 0.15) is 39.2 Å². The van der Waals surface area contributed by atoms with Gasteiger partial charge in [0.25, 0.3) is 0 Å². The Bertz CT molecular complexity index is 544. The summed E-state index contributed by atoms with van der Waals surface area (Å²) in [5.41, 5.74) is 6.52. The summed E-state index contributed by atoms with van der Waals surface area (Å²) in [6, 6.07) is 3.98. The van der Waals surface area contributed by atoms with E-state index in [-0.39, 0.29) is 23.3 Å². The van der Waals surface area contributed by atoms with Gasteiger partial charge in [-0.25, -0.2) is 0 Å². The molecule has 1 fully saturated rings. The van der Waals surface area contributed by atoms with Crippen molar-refractivity contribution in [2.45, 2.75) is 39.7 Å². The number of carbonyl (C=O) groups is 1. The van der Waals surface area contributed by atoms with Gasteiger partial charge in [-0.3, -0.25) is 4.79 Å². The fourth-order valence-electron chi connectivity index (χ4n) is 3.01. The third-order valence-electron chi connectivity index (χ3n) is 4.84. The molecule has 1 heterocycles. The maximum Gasteiger partial charge on any atom is 0.228 e. The van der Waals surface area contributed by atoms with Gasteiger partial charge in [0, 0.05) is 12.0 Å². The molecule has 0 aromatic carbocycles. The number of nitrogens with one attached hydrogen (secondary N) is 1. The molecule has 3 N–H and O–H groups in total. The van der Waals surface area contributed by atoms with Crippen LogP contribution in [0.15, 0.2) is 11.4 Å². The van der Waals surface area contributed by atoms with Crippen LogP contribution < -0.4 is 11.1 Å². The normalized spacial score (nSPS) is 28.6. The number of rotatable bonds is 2. The molecule has 0 spiro atoms. The molecule has 1 saturated carbocycles. The van der Waals surface area contributed by atoms with E-state index in [9.17, 15) is 4.79 Å². The van der Waals surface area contributed by atoms with E-state index in [1.807, 2.05) is 5.38 Å². The van der Waals surface area contributed by atoms with E-state index in [0.29, 0.717) is 16.5 Å². The van der Waals surface area contributed by atoms with Gasteiger partial charge in [0.15, 0.2) is 0 Å². The summed E-state index contributed by atoms with van der Waals surface area (Å²) in [6.45, 7) is 6.34. The Hall–Kier alpha value is -1.38. The van der Waals surface area contributed by atoms with Gasteiger partial charge in [0.1, 0.15) is 11.1 Å². The molecule has 0 bridgehead atoms. The quantitative estimate of drug-likeness (QED) is 0.879. The lowest BCUT2D eigenvalue weighted by Gasteiger charge is -2.45. The van der Waals surface area contributed by atoms with Crippen LogP contribution in [0.5, 0.6) is 0 Å². The summed E-state index contributed by atoms with van der Waals surface area (Å²) in [7, 11) is 0. The van der Waals surface area contributed by atoms with Crippen LogP contribution in [0.2, 0.25) is 0 Å². The third kappa shape index (κ3) is 2.58. The average molecular weight is 291 g/mol. The molecule has 1 aromatic rings. The van der Waals surface area contributed by atoms with Crippen molar-refractivity contribution in [1.82, 2.24) is 0 Å². The highest BCUT2D eigenvalue weighted by molar-refractivity contribution is 7.14. The van der Waals surface area contributed by atoms with E-state index in [1.54, 1.807) is 6.07 Å². The molecule has 0 radical (unpaired) electrons. The van der Waals surface area contributed by atoms with E-state index in [4.69, 9.17) is 11.0 Å². The first kappa shape index (κ1) is 15.0. The monoisotopic (exact) mass is 291 g/mol. The molecule has 20 heavy (non-hydrogen) atoms. The second-order valence-electron chi connectivity index (χ2n) is 6.17. The minimum Gasteiger partial charge on any atom is -0.327 e. The zero-order chi connectivity index (χ0) is 14.9. The van der Waals surface area contributed by atoms with Crippen molar-refractivity contribution in [3.63, 3.8) is 0 Å². The van der Waals surface area contributed by atoms with Crippen LogP contribution >= 0.6 is 11.3 Å². The lowest BCUT2D eigenvalue weighted by atomic mass is 9.61. The standard InChI is InChI=1S/C15H21N3OS/c1-9-12(17)5-4-11(15(9,2)3)13(19)18-14-10(8-16)6-7-20-14/h6-7,9,11-12H,4-5,17H2,1-3H3,(H,18,19). The maximum absolute atomic E-state index is 12.5. The fraction of sp³-hybridized carbons (Fsp3) is 0.600. The Balaban J connectivity index is 2.15. The Morgan fingerprint density at radius 2 is 2.25 bits per heavy atom. The van der Waals surface area contributed by atoms with Crippen LogP contribution in [-0.4, -0.2) is 11.9 Å². The molecular weight excluding hydrogens is 270 g/mol. The van der Waals surface area contributed by atoms with Gasteiger partial charge in [-0.05, 0) is 35.6 Å². The topological polar surface area (TPSA) is 78.9 Å². The number of nitrogens with two attached hydrogens (primary N) is 1. The van der Waals surface area contributed by atoms with Crippen LogP contribution in [0.3, 0.4) is 0 Å². The summed E-state index contributed by atoms with van der Waals surface area (Å²) in [4.78, 5) is 12.5. The Kier molecular flexibility index (Phi) is 4.17. The summed E-state index contributed by atoms with van der Waals surface area (Å²) in [6.07, 6.45) is 1.68. The summed E-state index contributed by atoms with van der Waals surface area (Å²) in [5.74, 6) is 0.240. The van der Waals surface area contributed by atoms with Gasteiger partial charge >= 0.3 is 0 Å². The Morgan fingerprint density at radius 3 is 2.90 bits per heavy atom. The molecule has 108 valence electrons. The van der Waals surface area contributed by atoms with Crippen molar-refractivity contribution in [2.24, 2.45) is 23.0 Å². The van der Waals surface area contributed by atoms with Gasteiger partial charge in [0.05, 0.1) is 5.56 Å². The first-order chi connectivity index (χ1) is 9.37. The number of amides is 1. The smallest absolute Gasteiger partial charge is 0.228 e. The molecule has 1 aliphatic rings. The molecule has 5 heteroatoms. The first-order valence-corrected chi connectivity index (χ1v) is 7.80. The number of hydrogen-bond acceptors (Lipinski definition) is 4. The molecule has 1 aromatic heterocycles. The van der Waals surface area contributed by atoms with Crippen LogP contribution in [-0.2, 0) is 4.79 Å². The Labute approximate surface area is 124 Å². The highest BCUT2D eigenvalue weighted by Crippen LogP contribution is 2.45. The fourth-order valence-corrected chi connectivity index (χ4v) is 3.75. The predicted octanol–water partition coefficient (Wildman–Crippen LogP) is 2.96. The zero-order valence-electron chi connectivity index (χ0n) is 12.1. The van der Waals surface area contributed by atoms with E-state index < -0.39 is 0 Å². The third-order valence-corrected chi connectivity index (χ3v) is 5.67. The largest absolute Gasteiger partial charge is 0.327 e. The Morgan fingerprint density at radius 1 is 1.55 bits per heavy atom. The number of nitriles is 1. The molecule has 2 rings (SSSR count). The van der Waals surface area contributed by atoms with E-state index in [2.05, 4.69) is 32.2 Å². The molecule has 4 nitrogen and oxygen atoms in total. The molecule has 0 saturated heterocycles. The number of nitrogens with zero attached hydrogens (tertiary/aromatic N) is 1. The average Bonchev–Trinajstić information content (AvgIpc) is 2.83. The van der Waals surface area contributed by atoms with Gasteiger partial charge in [0.2, 0.25) is 5.91 Å². The van der Waals surface area contributed by atoms with Crippen molar-refractivity contribution >= 4 is 22.2 Å². The van der Waals surface area contributed by atoms with Crippen molar-refractivity contribution in [1.29, 1.82) is 5.26 Å². The second kappa shape index (κ2) is 5.55. The van der Waals surface area contributed by atoms with Gasteiger partial charge in [-0.1, -0.05) is 20.8 Å². The molecule has 0 aliphatic heterocycles. The number of thiophene rings is 1. The lowest BCUT2D eigenvalue weighted by Crippen LogP contribution is -2.50. The van der Waals surface area contributed by atoms with Crippen LogP contribution in [0.4, 0.5) is 5.00 Å². The highest BCUT2D eigenvalue weighted by Gasteiger charge is 2.45. The van der Waals surface area contributed by atoms with Gasteiger partial charge in [-0.2, -0.15) is 5.26 Å². The summed E-state index contributed by atoms with van der Waals surface area (Å²) < 4.78 is 0. The van der Waals surface area contributed by atoms with Crippen molar-refractivity contribution in [3.05, 3.63) is 17.0 Å². The molecule has 3 atom stereocenters. The van der Waals surface area contributed by atoms with E-state index in [1.165, 1.54) is 11.3 Å². The van der Waals surface area contributed by atoms with Gasteiger partial charge in [-0.15, -0.1) is 11.3 Å². The summed E-state index contributed by atoms with van der Waals surface area (Å²) in [5, 5.41) is 14.4. The predicted molar refractivity (Wildman–Crippen MR) is 81.3 cm³/mol. The van der Waals surface area contributed by atoms with Crippen molar-refractivity contribution in [2.75, 3.05) is 5.32 Å². The van der Waals surface area contributed by atoms with E-state index in [0.717, 1.165) is 12.8 Å². The van der Waals surface area contributed by atoms with Gasteiger partial charge < -0.3 is 11.1 Å². The van der Waals surface area contributed by atoms with Crippen molar-refractivity contribution < 1.29 is 4.79 Å². The molecule has 1 amide bonds. The zero-order valence-corrected chi connectivity index (χ0v) is 13.0. The number of hydrogen-bond donors (Lipinski definition) is 2. The number of carbonyl (C=O) groups excluding carboxylic acids is 1. The first-order valence-electron chi connectivity index (χ1n) is 6.92. The second-order valence-corrected chi connectivity index (χ2v) is 7.08. The van der Waals surface area contributed by atoms with Crippen LogP contribution in [0, 0.1) is 28.6 Å². The van der Waals surface area contributed by atoms with Crippen molar-refractivity contribution in [3.8, 4) is 6.07 Å². The minimum absolute atomic E-state index is 0.00713. The van der Waals surface area contributed by atoms with Crippen LogP contribution in [0.25, 0.3) is 0 Å². The lowest BCUT2D eigenvalue weighted by molar-refractivity contribution is -0.127. The molecule has 1 aliphatic carbocycles. The summed E-state index contributed by atoms with van der Waals surface area (Å²) >= 11 is 1.39.